The van der Waals surface area contributed by atoms with Crippen molar-refractivity contribution in [2.75, 3.05) is 5.32 Å². The van der Waals surface area contributed by atoms with Crippen LogP contribution in [0, 0.1) is 0 Å². The third kappa shape index (κ3) is 4.07. The van der Waals surface area contributed by atoms with Crippen molar-refractivity contribution in [1.29, 1.82) is 0 Å². The highest BCUT2D eigenvalue weighted by Crippen LogP contribution is 2.26. The SMILES string of the molecule is O=C(CCc1ccccc1)Nc1c(Cl)cccc1C(=O)O. The number of benzene rings is 2. The zero-order valence-corrected chi connectivity index (χ0v) is 11.9. The van der Waals surface area contributed by atoms with E-state index in [4.69, 9.17) is 16.7 Å². The van der Waals surface area contributed by atoms with Crippen LogP contribution >= 0.6 is 11.6 Å². The van der Waals surface area contributed by atoms with Crippen molar-refractivity contribution in [2.45, 2.75) is 12.8 Å². The summed E-state index contributed by atoms with van der Waals surface area (Å²) >= 11 is 5.96. The molecule has 0 aromatic heterocycles. The van der Waals surface area contributed by atoms with Gasteiger partial charge < -0.3 is 10.4 Å². The van der Waals surface area contributed by atoms with Crippen LogP contribution < -0.4 is 5.32 Å². The van der Waals surface area contributed by atoms with Gasteiger partial charge in [-0.05, 0) is 24.1 Å². The molecule has 0 spiro atoms. The number of amides is 1. The summed E-state index contributed by atoms with van der Waals surface area (Å²) in [6.45, 7) is 0. The first kappa shape index (κ1) is 15.1. The van der Waals surface area contributed by atoms with Crippen LogP contribution in [0.5, 0.6) is 0 Å². The number of hydrogen-bond donors (Lipinski definition) is 2. The Morgan fingerprint density at radius 1 is 1.05 bits per heavy atom. The Labute approximate surface area is 127 Å². The standard InChI is InChI=1S/C16H14ClNO3/c17-13-8-4-7-12(16(20)21)15(13)18-14(19)10-9-11-5-2-1-3-6-11/h1-8H,9-10H2,(H,18,19)(H,20,21). The largest absolute Gasteiger partial charge is 0.478 e. The van der Waals surface area contributed by atoms with E-state index in [1.54, 1.807) is 6.07 Å². The molecular formula is C16H14ClNO3. The number of aryl methyl sites for hydroxylation is 1. The third-order valence-electron chi connectivity index (χ3n) is 2.99. The number of carboxylic acids is 1. The average Bonchev–Trinajstić information content (AvgIpc) is 2.48. The summed E-state index contributed by atoms with van der Waals surface area (Å²) in [7, 11) is 0. The molecule has 2 aromatic carbocycles. The predicted octanol–water partition coefficient (Wildman–Crippen LogP) is 3.61. The van der Waals surface area contributed by atoms with Crippen molar-refractivity contribution in [3.8, 4) is 0 Å². The van der Waals surface area contributed by atoms with Crippen LogP contribution in [0.3, 0.4) is 0 Å². The summed E-state index contributed by atoms with van der Waals surface area (Å²) < 4.78 is 0. The Hall–Kier alpha value is -2.33. The number of hydrogen-bond acceptors (Lipinski definition) is 2. The van der Waals surface area contributed by atoms with Crippen LogP contribution in [0.2, 0.25) is 5.02 Å². The Balaban J connectivity index is 2.05. The average molecular weight is 304 g/mol. The monoisotopic (exact) mass is 303 g/mol. The molecule has 108 valence electrons. The molecule has 4 nitrogen and oxygen atoms in total. The quantitative estimate of drug-likeness (QED) is 0.886. The lowest BCUT2D eigenvalue weighted by Crippen LogP contribution is -2.15. The normalized spacial score (nSPS) is 10.1. The third-order valence-corrected chi connectivity index (χ3v) is 3.31. The number of anilines is 1. The van der Waals surface area contributed by atoms with E-state index in [0.717, 1.165) is 5.56 Å². The Morgan fingerprint density at radius 2 is 1.76 bits per heavy atom. The first-order valence-electron chi connectivity index (χ1n) is 6.43. The van der Waals surface area contributed by atoms with Crippen LogP contribution in [0.4, 0.5) is 5.69 Å². The molecule has 5 heteroatoms. The van der Waals surface area contributed by atoms with Gasteiger partial charge in [-0.15, -0.1) is 0 Å². The molecule has 0 saturated heterocycles. The molecule has 0 aliphatic heterocycles. The van der Waals surface area contributed by atoms with Gasteiger partial charge in [-0.2, -0.15) is 0 Å². The summed E-state index contributed by atoms with van der Waals surface area (Å²) in [5.41, 5.74) is 1.17. The van der Waals surface area contributed by atoms with E-state index in [1.165, 1.54) is 12.1 Å². The van der Waals surface area contributed by atoms with Crippen LogP contribution in [-0.4, -0.2) is 17.0 Å². The summed E-state index contributed by atoms with van der Waals surface area (Å²) in [5, 5.41) is 11.9. The van der Waals surface area contributed by atoms with Gasteiger partial charge in [0, 0.05) is 6.42 Å². The smallest absolute Gasteiger partial charge is 0.337 e. The van der Waals surface area contributed by atoms with Crippen LogP contribution in [0.25, 0.3) is 0 Å². The summed E-state index contributed by atoms with van der Waals surface area (Å²) in [6, 6.07) is 14.1. The second-order valence-corrected chi connectivity index (χ2v) is 4.91. The fourth-order valence-electron chi connectivity index (χ4n) is 1.93. The highest BCUT2D eigenvalue weighted by atomic mass is 35.5. The van der Waals surface area contributed by atoms with Crippen molar-refractivity contribution < 1.29 is 14.7 Å². The molecule has 0 atom stereocenters. The fraction of sp³-hybridized carbons (Fsp3) is 0.125. The topological polar surface area (TPSA) is 66.4 Å². The fourth-order valence-corrected chi connectivity index (χ4v) is 2.16. The number of carboxylic acid groups (broad SMARTS) is 1. The van der Waals surface area contributed by atoms with Gasteiger partial charge in [-0.25, -0.2) is 4.79 Å². The molecule has 0 radical (unpaired) electrons. The highest BCUT2D eigenvalue weighted by Gasteiger charge is 2.15. The van der Waals surface area contributed by atoms with Crippen LogP contribution in [0.15, 0.2) is 48.5 Å². The van der Waals surface area contributed by atoms with E-state index < -0.39 is 5.97 Å². The second-order valence-electron chi connectivity index (χ2n) is 4.50. The first-order chi connectivity index (χ1) is 10.1. The molecule has 0 heterocycles. The zero-order valence-electron chi connectivity index (χ0n) is 11.2. The Morgan fingerprint density at radius 3 is 2.43 bits per heavy atom. The lowest BCUT2D eigenvalue weighted by atomic mass is 10.1. The van der Waals surface area contributed by atoms with Gasteiger partial charge in [0.2, 0.25) is 5.91 Å². The lowest BCUT2D eigenvalue weighted by molar-refractivity contribution is -0.116. The van der Waals surface area contributed by atoms with E-state index in [-0.39, 0.29) is 28.6 Å². The van der Waals surface area contributed by atoms with Gasteiger partial charge in [0.25, 0.3) is 0 Å². The maximum absolute atomic E-state index is 12.0. The molecule has 2 aromatic rings. The lowest BCUT2D eigenvalue weighted by Gasteiger charge is -2.10. The highest BCUT2D eigenvalue weighted by molar-refractivity contribution is 6.34. The van der Waals surface area contributed by atoms with E-state index in [0.29, 0.717) is 6.42 Å². The number of nitrogens with one attached hydrogen (secondary N) is 1. The number of rotatable bonds is 5. The van der Waals surface area contributed by atoms with E-state index >= 15 is 0 Å². The molecule has 2 rings (SSSR count). The van der Waals surface area contributed by atoms with Gasteiger partial charge in [-0.1, -0.05) is 48.0 Å². The Kier molecular flexibility index (Phi) is 4.95. The number of carbonyl (C=O) groups excluding carboxylic acids is 1. The maximum Gasteiger partial charge on any atom is 0.337 e. The molecule has 1 amide bonds. The van der Waals surface area contributed by atoms with Crippen LogP contribution in [0.1, 0.15) is 22.3 Å². The van der Waals surface area contributed by atoms with E-state index in [1.807, 2.05) is 30.3 Å². The number of aromatic carboxylic acids is 1. The van der Waals surface area contributed by atoms with E-state index in [9.17, 15) is 9.59 Å². The molecule has 0 unspecified atom stereocenters. The molecule has 0 aliphatic rings. The van der Waals surface area contributed by atoms with E-state index in [2.05, 4.69) is 5.32 Å². The second kappa shape index (κ2) is 6.90. The van der Waals surface area contributed by atoms with Crippen molar-refractivity contribution in [3.05, 3.63) is 64.7 Å². The van der Waals surface area contributed by atoms with Crippen molar-refractivity contribution in [3.63, 3.8) is 0 Å². The molecule has 0 bridgehead atoms. The number of para-hydroxylation sites is 1. The number of carbonyl (C=O) groups is 2. The van der Waals surface area contributed by atoms with Crippen molar-refractivity contribution in [2.24, 2.45) is 0 Å². The first-order valence-corrected chi connectivity index (χ1v) is 6.81. The molecular weight excluding hydrogens is 290 g/mol. The minimum Gasteiger partial charge on any atom is -0.478 e. The summed E-state index contributed by atoms with van der Waals surface area (Å²) in [5.74, 6) is -1.40. The minimum atomic E-state index is -1.13. The molecule has 21 heavy (non-hydrogen) atoms. The van der Waals surface area contributed by atoms with Crippen molar-refractivity contribution >= 4 is 29.2 Å². The zero-order chi connectivity index (χ0) is 15.2. The van der Waals surface area contributed by atoms with Gasteiger partial charge in [-0.3, -0.25) is 4.79 Å². The summed E-state index contributed by atoms with van der Waals surface area (Å²) in [6.07, 6.45) is 0.841. The Bertz CT molecular complexity index is 656. The maximum atomic E-state index is 12.0. The number of halogens is 1. The predicted molar refractivity (Wildman–Crippen MR) is 81.8 cm³/mol. The van der Waals surface area contributed by atoms with Gasteiger partial charge in [0.15, 0.2) is 0 Å². The molecule has 0 fully saturated rings. The van der Waals surface area contributed by atoms with Crippen LogP contribution in [-0.2, 0) is 11.2 Å². The van der Waals surface area contributed by atoms with Gasteiger partial charge >= 0.3 is 5.97 Å². The molecule has 2 N–H and O–H groups in total. The van der Waals surface area contributed by atoms with Crippen molar-refractivity contribution in [1.82, 2.24) is 0 Å². The molecule has 0 aliphatic carbocycles. The molecule has 0 saturated carbocycles. The van der Waals surface area contributed by atoms with Gasteiger partial charge in [0.1, 0.15) is 0 Å². The van der Waals surface area contributed by atoms with Gasteiger partial charge in [0.05, 0.1) is 16.3 Å². The minimum absolute atomic E-state index is 0.0180. The summed E-state index contributed by atoms with van der Waals surface area (Å²) in [4.78, 5) is 23.1.